The number of hydrogen-bond acceptors (Lipinski definition) is 5. The predicted octanol–water partition coefficient (Wildman–Crippen LogP) is 2.48. The molecule has 90 valence electrons. The van der Waals surface area contributed by atoms with Gasteiger partial charge < -0.3 is 14.9 Å². The minimum absolute atomic E-state index is 0.167. The van der Waals surface area contributed by atoms with Gasteiger partial charge in [0.2, 0.25) is 0 Å². The molecule has 0 amide bonds. The quantitative estimate of drug-likeness (QED) is 0.746. The second-order valence-electron chi connectivity index (χ2n) is 3.82. The summed E-state index contributed by atoms with van der Waals surface area (Å²) in [6.07, 6.45) is 1.70. The zero-order valence-electron chi connectivity index (χ0n) is 9.75. The van der Waals surface area contributed by atoms with E-state index >= 15 is 0 Å². The normalized spacial score (nSPS) is 10.7. The van der Waals surface area contributed by atoms with Gasteiger partial charge in [0.1, 0.15) is 11.3 Å². The Kier molecular flexibility index (Phi) is 2.37. The summed E-state index contributed by atoms with van der Waals surface area (Å²) in [6.45, 7) is 0. The van der Waals surface area contributed by atoms with Crippen molar-refractivity contribution in [1.82, 2.24) is 9.97 Å². The zero-order valence-corrected chi connectivity index (χ0v) is 9.75. The molecule has 0 bridgehead atoms. The van der Waals surface area contributed by atoms with Crippen molar-refractivity contribution >= 4 is 17.1 Å². The van der Waals surface area contributed by atoms with Crippen molar-refractivity contribution in [2.45, 2.75) is 0 Å². The highest BCUT2D eigenvalue weighted by Gasteiger charge is 2.06. The molecule has 18 heavy (non-hydrogen) atoms. The molecule has 0 saturated heterocycles. The Labute approximate surface area is 103 Å². The van der Waals surface area contributed by atoms with Gasteiger partial charge in [-0.25, -0.2) is 0 Å². The van der Waals surface area contributed by atoms with Crippen LogP contribution in [0.4, 0.5) is 6.01 Å². The van der Waals surface area contributed by atoms with E-state index in [9.17, 15) is 0 Å². The van der Waals surface area contributed by atoms with Crippen LogP contribution < -0.4 is 10.5 Å². The standard InChI is InChI=1S/C13H11N3O2/c1-17-9-4-5-15-10(7-9)8-2-3-12-11(6-8)16-13(14)18-12/h2-7H,1H3,(H2,14,16). The fourth-order valence-electron chi connectivity index (χ4n) is 1.80. The first-order chi connectivity index (χ1) is 8.76. The van der Waals surface area contributed by atoms with E-state index in [0.717, 1.165) is 22.5 Å². The lowest BCUT2D eigenvalue weighted by Crippen LogP contribution is -1.87. The second kappa shape index (κ2) is 4.03. The number of methoxy groups -OCH3 is 1. The maximum absolute atomic E-state index is 5.51. The zero-order chi connectivity index (χ0) is 12.5. The van der Waals surface area contributed by atoms with Crippen molar-refractivity contribution in [3.63, 3.8) is 0 Å². The topological polar surface area (TPSA) is 74.2 Å². The van der Waals surface area contributed by atoms with Crippen LogP contribution in [-0.4, -0.2) is 17.1 Å². The van der Waals surface area contributed by atoms with E-state index in [1.54, 1.807) is 19.4 Å². The summed E-state index contributed by atoms with van der Waals surface area (Å²) in [4.78, 5) is 8.40. The van der Waals surface area contributed by atoms with Crippen molar-refractivity contribution in [3.05, 3.63) is 36.5 Å². The van der Waals surface area contributed by atoms with E-state index in [4.69, 9.17) is 14.9 Å². The molecule has 2 N–H and O–H groups in total. The number of hydrogen-bond donors (Lipinski definition) is 1. The van der Waals surface area contributed by atoms with Gasteiger partial charge in [-0.1, -0.05) is 0 Å². The average Bonchev–Trinajstić information content (AvgIpc) is 2.77. The minimum atomic E-state index is 0.167. The molecule has 3 rings (SSSR count). The second-order valence-corrected chi connectivity index (χ2v) is 3.82. The third-order valence-corrected chi connectivity index (χ3v) is 2.67. The number of anilines is 1. The maximum Gasteiger partial charge on any atom is 0.292 e. The molecule has 0 aliphatic heterocycles. The fourth-order valence-corrected chi connectivity index (χ4v) is 1.80. The number of nitrogens with two attached hydrogens (primary N) is 1. The van der Waals surface area contributed by atoms with Crippen LogP contribution in [0.3, 0.4) is 0 Å². The number of rotatable bonds is 2. The number of pyridine rings is 1. The number of oxazole rings is 1. The van der Waals surface area contributed by atoms with E-state index in [-0.39, 0.29) is 6.01 Å². The average molecular weight is 241 g/mol. The molecular formula is C13H11N3O2. The minimum Gasteiger partial charge on any atom is -0.497 e. The summed E-state index contributed by atoms with van der Waals surface area (Å²) in [5.41, 5.74) is 8.65. The lowest BCUT2D eigenvalue weighted by atomic mass is 10.1. The van der Waals surface area contributed by atoms with Crippen molar-refractivity contribution in [1.29, 1.82) is 0 Å². The van der Waals surface area contributed by atoms with E-state index in [1.165, 1.54) is 0 Å². The molecule has 0 spiro atoms. The number of ether oxygens (including phenoxy) is 1. The van der Waals surface area contributed by atoms with Gasteiger partial charge in [-0.2, -0.15) is 4.98 Å². The van der Waals surface area contributed by atoms with Crippen molar-refractivity contribution in [2.24, 2.45) is 0 Å². The third kappa shape index (κ3) is 1.75. The molecule has 0 atom stereocenters. The first-order valence-corrected chi connectivity index (χ1v) is 5.43. The van der Waals surface area contributed by atoms with Gasteiger partial charge >= 0.3 is 0 Å². The molecule has 0 unspecified atom stereocenters. The molecule has 3 aromatic rings. The number of nitrogens with zero attached hydrogens (tertiary/aromatic N) is 2. The van der Waals surface area contributed by atoms with Crippen molar-refractivity contribution in [3.8, 4) is 17.0 Å². The lowest BCUT2D eigenvalue weighted by molar-refractivity contribution is 0.414. The van der Waals surface area contributed by atoms with Crippen LogP contribution in [0.5, 0.6) is 5.75 Å². The summed E-state index contributed by atoms with van der Waals surface area (Å²) in [6, 6.07) is 9.46. The molecule has 2 heterocycles. The van der Waals surface area contributed by atoms with E-state index < -0.39 is 0 Å². The van der Waals surface area contributed by atoms with Crippen LogP contribution in [0.2, 0.25) is 0 Å². The number of nitrogen functional groups attached to an aromatic ring is 1. The highest BCUT2D eigenvalue weighted by molar-refractivity contribution is 5.80. The maximum atomic E-state index is 5.51. The summed E-state index contributed by atoms with van der Waals surface area (Å²) in [5.74, 6) is 0.764. The van der Waals surface area contributed by atoms with Gasteiger partial charge in [-0.15, -0.1) is 0 Å². The summed E-state index contributed by atoms with van der Waals surface area (Å²) < 4.78 is 10.4. The summed E-state index contributed by atoms with van der Waals surface area (Å²) >= 11 is 0. The van der Waals surface area contributed by atoms with Gasteiger partial charge in [0, 0.05) is 17.8 Å². The Hall–Kier alpha value is -2.56. The van der Waals surface area contributed by atoms with Gasteiger partial charge in [-0.05, 0) is 24.3 Å². The molecule has 0 saturated carbocycles. The third-order valence-electron chi connectivity index (χ3n) is 2.67. The molecule has 0 fully saturated rings. The molecule has 5 heteroatoms. The van der Waals surface area contributed by atoms with Gasteiger partial charge in [0.25, 0.3) is 6.01 Å². The monoisotopic (exact) mass is 241 g/mol. The van der Waals surface area contributed by atoms with Crippen LogP contribution in [0, 0.1) is 0 Å². The van der Waals surface area contributed by atoms with Crippen LogP contribution >= 0.6 is 0 Å². The van der Waals surface area contributed by atoms with E-state index in [2.05, 4.69) is 9.97 Å². The molecule has 2 aromatic heterocycles. The highest BCUT2D eigenvalue weighted by Crippen LogP contribution is 2.25. The fraction of sp³-hybridized carbons (Fsp3) is 0.0769. The summed E-state index contributed by atoms with van der Waals surface area (Å²) in [7, 11) is 1.63. The van der Waals surface area contributed by atoms with Crippen molar-refractivity contribution in [2.75, 3.05) is 12.8 Å². The Morgan fingerprint density at radius 2 is 2.11 bits per heavy atom. The number of benzene rings is 1. The number of aromatic nitrogens is 2. The van der Waals surface area contributed by atoms with E-state index in [1.807, 2.05) is 24.3 Å². The first kappa shape index (κ1) is 10.6. The molecule has 1 aromatic carbocycles. The van der Waals surface area contributed by atoms with E-state index in [0.29, 0.717) is 5.58 Å². The van der Waals surface area contributed by atoms with Crippen molar-refractivity contribution < 1.29 is 9.15 Å². The Morgan fingerprint density at radius 3 is 2.94 bits per heavy atom. The number of fused-ring (bicyclic) bond motifs is 1. The van der Waals surface area contributed by atoms with Gasteiger partial charge in [-0.3, -0.25) is 4.98 Å². The molecule has 0 radical (unpaired) electrons. The lowest BCUT2D eigenvalue weighted by Gasteiger charge is -2.03. The molecule has 0 aliphatic rings. The van der Waals surface area contributed by atoms with Crippen LogP contribution in [0.1, 0.15) is 0 Å². The Bertz CT molecular complexity index is 706. The smallest absolute Gasteiger partial charge is 0.292 e. The highest BCUT2D eigenvalue weighted by atomic mass is 16.5. The largest absolute Gasteiger partial charge is 0.497 e. The van der Waals surface area contributed by atoms with Gasteiger partial charge in [0.05, 0.1) is 12.8 Å². The van der Waals surface area contributed by atoms with Gasteiger partial charge in [0.15, 0.2) is 5.58 Å². The SMILES string of the molecule is COc1ccnc(-c2ccc3oc(N)nc3c2)c1. The van der Waals surface area contributed by atoms with Crippen LogP contribution in [0.25, 0.3) is 22.4 Å². The summed E-state index contributed by atoms with van der Waals surface area (Å²) in [5, 5.41) is 0. The predicted molar refractivity (Wildman–Crippen MR) is 68.2 cm³/mol. The Balaban J connectivity index is 2.12. The molecule has 0 aliphatic carbocycles. The first-order valence-electron chi connectivity index (χ1n) is 5.43. The molecule has 5 nitrogen and oxygen atoms in total. The Morgan fingerprint density at radius 1 is 1.22 bits per heavy atom. The van der Waals surface area contributed by atoms with Crippen LogP contribution in [0.15, 0.2) is 40.9 Å². The molecular weight excluding hydrogens is 230 g/mol. The van der Waals surface area contributed by atoms with Crippen LogP contribution in [-0.2, 0) is 0 Å².